The molecule has 0 saturated heterocycles. The lowest BCUT2D eigenvalue weighted by Crippen LogP contribution is -2.27. The van der Waals surface area contributed by atoms with Crippen LogP contribution < -0.4 is 5.56 Å². The molecule has 3 nitrogen and oxygen atoms in total. The number of hydrogen-bond donors (Lipinski definition) is 0. The summed E-state index contributed by atoms with van der Waals surface area (Å²) in [6, 6.07) is 7.61. The van der Waals surface area contributed by atoms with Crippen molar-refractivity contribution in [2.45, 2.75) is 57.9 Å². The topological polar surface area (TPSA) is 34.9 Å². The summed E-state index contributed by atoms with van der Waals surface area (Å²) in [6.45, 7) is 4.28. The van der Waals surface area contributed by atoms with Crippen LogP contribution in [0.15, 0.2) is 29.1 Å². The van der Waals surface area contributed by atoms with Crippen molar-refractivity contribution in [3.05, 3.63) is 40.4 Å². The molecule has 0 radical (unpaired) electrons. The normalized spacial score (nSPS) is 12.7. The van der Waals surface area contributed by atoms with Gasteiger partial charge in [0.2, 0.25) is 0 Å². The van der Waals surface area contributed by atoms with E-state index < -0.39 is 0 Å². The minimum absolute atomic E-state index is 0.0271. The van der Waals surface area contributed by atoms with Gasteiger partial charge in [0.1, 0.15) is 5.82 Å². The maximum absolute atomic E-state index is 12.7. The Balaban J connectivity index is 2.33. The van der Waals surface area contributed by atoms with Gasteiger partial charge in [0, 0.05) is 6.04 Å². The van der Waals surface area contributed by atoms with Gasteiger partial charge in [-0.15, -0.1) is 11.6 Å². The third-order valence-electron chi connectivity index (χ3n) is 3.92. The monoisotopic (exact) mass is 306 g/mol. The van der Waals surface area contributed by atoms with Crippen LogP contribution in [0, 0.1) is 0 Å². The van der Waals surface area contributed by atoms with Crippen LogP contribution in [0.5, 0.6) is 0 Å². The molecule has 0 spiro atoms. The number of halogens is 1. The summed E-state index contributed by atoms with van der Waals surface area (Å²) in [5, 5.41) is 0.673. The highest BCUT2D eigenvalue weighted by molar-refractivity contribution is 6.16. The molecule has 0 aliphatic rings. The van der Waals surface area contributed by atoms with Crippen LogP contribution in [0.2, 0.25) is 0 Å². The van der Waals surface area contributed by atoms with Crippen LogP contribution in [0.1, 0.15) is 57.8 Å². The van der Waals surface area contributed by atoms with Crippen LogP contribution in [0.25, 0.3) is 10.9 Å². The molecule has 0 fully saturated rings. The maximum Gasteiger partial charge on any atom is 0.261 e. The average molecular weight is 307 g/mol. The van der Waals surface area contributed by atoms with Gasteiger partial charge in [-0.3, -0.25) is 9.36 Å². The predicted molar refractivity (Wildman–Crippen MR) is 89.0 cm³/mol. The lowest BCUT2D eigenvalue weighted by Gasteiger charge is -2.19. The molecule has 0 N–H and O–H groups in total. The van der Waals surface area contributed by atoms with E-state index in [1.165, 1.54) is 19.3 Å². The van der Waals surface area contributed by atoms with Gasteiger partial charge < -0.3 is 0 Å². The van der Waals surface area contributed by atoms with E-state index in [2.05, 4.69) is 18.8 Å². The average Bonchev–Trinajstić information content (AvgIpc) is 2.51. The molecule has 0 aliphatic carbocycles. The molecule has 1 unspecified atom stereocenters. The van der Waals surface area contributed by atoms with E-state index in [9.17, 15) is 4.79 Å². The summed E-state index contributed by atoms with van der Waals surface area (Å²) < 4.78 is 1.78. The second-order valence-corrected chi connectivity index (χ2v) is 5.82. The molecule has 2 rings (SSSR count). The zero-order chi connectivity index (χ0) is 15.2. The highest BCUT2D eigenvalue weighted by Gasteiger charge is 2.15. The second kappa shape index (κ2) is 7.60. The van der Waals surface area contributed by atoms with Crippen molar-refractivity contribution >= 4 is 22.5 Å². The summed E-state index contributed by atoms with van der Waals surface area (Å²) >= 11 is 6.01. The lowest BCUT2D eigenvalue weighted by atomic mass is 10.1. The van der Waals surface area contributed by atoms with Gasteiger partial charge in [-0.1, -0.05) is 44.7 Å². The molecule has 114 valence electrons. The Kier molecular flexibility index (Phi) is 5.80. The van der Waals surface area contributed by atoms with Gasteiger partial charge in [0.15, 0.2) is 0 Å². The van der Waals surface area contributed by atoms with E-state index >= 15 is 0 Å². The van der Waals surface area contributed by atoms with Crippen LogP contribution in [-0.4, -0.2) is 9.55 Å². The highest BCUT2D eigenvalue weighted by atomic mass is 35.5. The summed E-state index contributed by atoms with van der Waals surface area (Å²) in [4.78, 5) is 17.3. The summed E-state index contributed by atoms with van der Waals surface area (Å²) in [5.74, 6) is 0.933. The van der Waals surface area contributed by atoms with Crippen LogP contribution in [-0.2, 0) is 5.88 Å². The molecule has 1 aromatic carbocycles. The molecule has 0 amide bonds. The second-order valence-electron chi connectivity index (χ2n) is 5.55. The predicted octanol–water partition coefficient (Wildman–Crippen LogP) is 4.67. The van der Waals surface area contributed by atoms with Gasteiger partial charge in [0.25, 0.3) is 5.56 Å². The number of fused-ring (bicyclic) bond motifs is 1. The maximum atomic E-state index is 12.7. The molecule has 0 bridgehead atoms. The fourth-order valence-corrected chi connectivity index (χ4v) is 2.92. The number of para-hydroxylation sites is 1. The number of unbranched alkanes of at least 4 members (excludes halogenated alkanes) is 3. The van der Waals surface area contributed by atoms with Crippen LogP contribution in [0.3, 0.4) is 0 Å². The number of benzene rings is 1. The van der Waals surface area contributed by atoms with Crippen molar-refractivity contribution in [2.24, 2.45) is 0 Å². The lowest BCUT2D eigenvalue weighted by molar-refractivity contribution is 0.449. The first-order valence-corrected chi connectivity index (χ1v) is 8.28. The van der Waals surface area contributed by atoms with Crippen LogP contribution >= 0.6 is 11.6 Å². The van der Waals surface area contributed by atoms with Gasteiger partial charge in [-0.2, -0.15) is 0 Å². The third-order valence-corrected chi connectivity index (χ3v) is 4.16. The number of rotatable bonds is 7. The smallest absolute Gasteiger partial charge is 0.261 e. The quantitative estimate of drug-likeness (QED) is 0.550. The van der Waals surface area contributed by atoms with Crippen molar-refractivity contribution in [2.75, 3.05) is 0 Å². The Morgan fingerprint density at radius 3 is 2.71 bits per heavy atom. The Morgan fingerprint density at radius 1 is 1.24 bits per heavy atom. The highest BCUT2D eigenvalue weighted by Crippen LogP contribution is 2.18. The SMILES string of the molecule is CCCCCCC(C)n1c(CCl)nc2ccccc2c1=O. The van der Waals surface area contributed by atoms with Crippen molar-refractivity contribution in [3.8, 4) is 0 Å². The molecule has 1 atom stereocenters. The summed E-state index contributed by atoms with van der Waals surface area (Å²) in [5.41, 5.74) is 0.756. The Morgan fingerprint density at radius 2 is 2.00 bits per heavy atom. The third kappa shape index (κ3) is 3.65. The fourth-order valence-electron chi connectivity index (χ4n) is 2.74. The zero-order valence-corrected chi connectivity index (χ0v) is 13.6. The number of hydrogen-bond acceptors (Lipinski definition) is 2. The zero-order valence-electron chi connectivity index (χ0n) is 12.8. The molecule has 21 heavy (non-hydrogen) atoms. The fraction of sp³-hybridized carbons (Fsp3) is 0.529. The van der Waals surface area contributed by atoms with E-state index in [1.807, 2.05) is 24.3 Å². The number of alkyl halides is 1. The Labute approximate surface area is 131 Å². The molecule has 1 aromatic heterocycles. The molecule has 4 heteroatoms. The van der Waals surface area contributed by atoms with E-state index in [1.54, 1.807) is 4.57 Å². The Bertz CT molecular complexity index is 651. The largest absolute Gasteiger partial charge is 0.292 e. The first-order chi connectivity index (χ1) is 10.2. The molecular formula is C17H23ClN2O. The van der Waals surface area contributed by atoms with Crippen molar-refractivity contribution < 1.29 is 0 Å². The van der Waals surface area contributed by atoms with Crippen molar-refractivity contribution in [1.29, 1.82) is 0 Å². The van der Waals surface area contributed by atoms with Gasteiger partial charge in [-0.25, -0.2) is 4.98 Å². The van der Waals surface area contributed by atoms with Crippen LogP contribution in [0.4, 0.5) is 0 Å². The Hall–Kier alpha value is -1.35. The first-order valence-electron chi connectivity index (χ1n) is 7.75. The minimum atomic E-state index is 0.0271. The van der Waals surface area contributed by atoms with E-state index in [-0.39, 0.29) is 17.5 Å². The van der Waals surface area contributed by atoms with Crippen molar-refractivity contribution in [1.82, 2.24) is 9.55 Å². The molecular weight excluding hydrogens is 284 g/mol. The first kappa shape index (κ1) is 16.0. The standard InChI is InChI=1S/C17H23ClN2O/c1-3-4-5-6-9-13(2)20-16(12-18)19-15-11-8-7-10-14(15)17(20)21/h7-8,10-11,13H,3-6,9,12H2,1-2H3. The van der Waals surface area contributed by atoms with Gasteiger partial charge in [-0.05, 0) is 25.5 Å². The minimum Gasteiger partial charge on any atom is -0.292 e. The van der Waals surface area contributed by atoms with Crippen molar-refractivity contribution in [3.63, 3.8) is 0 Å². The summed E-state index contributed by atoms with van der Waals surface area (Å²) in [7, 11) is 0. The molecule has 0 aliphatic heterocycles. The van der Waals surface area contributed by atoms with E-state index in [0.717, 1.165) is 18.4 Å². The number of aromatic nitrogens is 2. The summed E-state index contributed by atoms with van der Waals surface area (Å²) in [6.07, 6.45) is 5.81. The molecule has 0 saturated carbocycles. The van der Waals surface area contributed by atoms with Gasteiger partial charge >= 0.3 is 0 Å². The number of nitrogens with zero attached hydrogens (tertiary/aromatic N) is 2. The molecule has 2 aromatic rings. The molecule has 1 heterocycles. The van der Waals surface area contributed by atoms with Gasteiger partial charge in [0.05, 0.1) is 16.8 Å². The van der Waals surface area contributed by atoms with E-state index in [0.29, 0.717) is 11.2 Å². The van der Waals surface area contributed by atoms with E-state index in [4.69, 9.17) is 11.6 Å².